The molecular weight excluding hydrogens is 194 g/mol. The summed E-state index contributed by atoms with van der Waals surface area (Å²) in [5, 5.41) is 11.7. The van der Waals surface area contributed by atoms with E-state index < -0.39 is 12.0 Å². The molecule has 0 fully saturated rings. The predicted octanol–water partition coefficient (Wildman–Crippen LogP) is 1.23. The molecule has 5 heteroatoms. The molecule has 0 aromatic carbocycles. The molecule has 0 aliphatic heterocycles. The monoisotopic (exact) mass is 207 g/mol. The molecule has 15 heavy (non-hydrogen) atoms. The van der Waals surface area contributed by atoms with Crippen molar-refractivity contribution < 1.29 is 9.90 Å². The Morgan fingerprint density at radius 3 is 3.00 bits per heavy atom. The molecule has 0 saturated carbocycles. The quantitative estimate of drug-likeness (QED) is 0.710. The van der Waals surface area contributed by atoms with Crippen molar-refractivity contribution in [3.8, 4) is 0 Å². The lowest BCUT2D eigenvalue weighted by atomic mass is 10.2. The minimum Gasteiger partial charge on any atom is -0.480 e. The van der Waals surface area contributed by atoms with Gasteiger partial charge >= 0.3 is 5.97 Å². The molecule has 5 nitrogen and oxygen atoms in total. The van der Waals surface area contributed by atoms with Crippen molar-refractivity contribution >= 4 is 11.8 Å². The van der Waals surface area contributed by atoms with E-state index in [1.165, 1.54) is 6.33 Å². The Hall–Kier alpha value is -1.91. The van der Waals surface area contributed by atoms with Crippen LogP contribution in [0.15, 0.2) is 25.0 Å². The Bertz CT molecular complexity index is 365. The molecule has 1 aromatic rings. The number of aliphatic carboxylic acids is 1. The lowest BCUT2D eigenvalue weighted by Gasteiger charge is -2.12. The molecule has 80 valence electrons. The summed E-state index contributed by atoms with van der Waals surface area (Å²) in [6.45, 7) is 5.32. The van der Waals surface area contributed by atoms with Crippen molar-refractivity contribution in [2.75, 3.05) is 5.32 Å². The zero-order valence-electron chi connectivity index (χ0n) is 8.47. The van der Waals surface area contributed by atoms with Crippen molar-refractivity contribution in [2.45, 2.75) is 19.4 Å². The zero-order valence-corrected chi connectivity index (χ0v) is 8.47. The van der Waals surface area contributed by atoms with Gasteiger partial charge in [-0.05, 0) is 13.3 Å². The predicted molar refractivity (Wildman–Crippen MR) is 56.6 cm³/mol. The third kappa shape index (κ3) is 3.38. The Morgan fingerprint density at radius 2 is 2.47 bits per heavy atom. The molecule has 0 spiro atoms. The second kappa shape index (κ2) is 5.09. The SMILES string of the molecule is C=CCC(Nc1cc(C)ncn1)C(=O)O. The highest BCUT2D eigenvalue weighted by Crippen LogP contribution is 2.07. The summed E-state index contributed by atoms with van der Waals surface area (Å²) in [4.78, 5) is 18.7. The van der Waals surface area contributed by atoms with E-state index in [2.05, 4.69) is 21.9 Å². The fraction of sp³-hybridized carbons (Fsp3) is 0.300. The summed E-state index contributed by atoms with van der Waals surface area (Å²) in [5.74, 6) is -0.414. The van der Waals surface area contributed by atoms with Gasteiger partial charge < -0.3 is 10.4 Å². The number of hydrogen-bond acceptors (Lipinski definition) is 4. The van der Waals surface area contributed by atoms with Crippen LogP contribution in [0.4, 0.5) is 5.82 Å². The van der Waals surface area contributed by atoms with E-state index in [1.807, 2.05) is 6.92 Å². The maximum Gasteiger partial charge on any atom is 0.326 e. The first-order chi connectivity index (χ1) is 7.13. The van der Waals surface area contributed by atoms with Gasteiger partial charge in [-0.3, -0.25) is 0 Å². The Morgan fingerprint density at radius 1 is 1.73 bits per heavy atom. The van der Waals surface area contributed by atoms with Gasteiger partial charge in [0.05, 0.1) is 0 Å². The molecular formula is C10H13N3O2. The van der Waals surface area contributed by atoms with Crippen molar-refractivity contribution in [1.29, 1.82) is 0 Å². The van der Waals surface area contributed by atoms with Gasteiger partial charge in [-0.1, -0.05) is 6.08 Å². The van der Waals surface area contributed by atoms with Crippen LogP contribution in [0.1, 0.15) is 12.1 Å². The van der Waals surface area contributed by atoms with Gasteiger partial charge in [0.1, 0.15) is 18.2 Å². The fourth-order valence-electron chi connectivity index (χ4n) is 1.10. The first kappa shape index (κ1) is 11.2. The largest absolute Gasteiger partial charge is 0.480 e. The van der Waals surface area contributed by atoms with Gasteiger partial charge in [0.15, 0.2) is 0 Å². The van der Waals surface area contributed by atoms with E-state index in [9.17, 15) is 4.79 Å². The van der Waals surface area contributed by atoms with Crippen molar-refractivity contribution in [3.05, 3.63) is 30.7 Å². The zero-order chi connectivity index (χ0) is 11.3. The van der Waals surface area contributed by atoms with Gasteiger partial charge in [-0.2, -0.15) is 0 Å². The Balaban J connectivity index is 2.73. The van der Waals surface area contributed by atoms with E-state index in [0.29, 0.717) is 12.2 Å². The highest BCUT2D eigenvalue weighted by molar-refractivity contribution is 5.77. The van der Waals surface area contributed by atoms with Gasteiger partial charge in [-0.15, -0.1) is 6.58 Å². The van der Waals surface area contributed by atoms with E-state index in [1.54, 1.807) is 12.1 Å². The third-order valence-corrected chi connectivity index (χ3v) is 1.83. The Labute approximate surface area is 87.9 Å². The molecule has 1 atom stereocenters. The van der Waals surface area contributed by atoms with Gasteiger partial charge in [0, 0.05) is 11.8 Å². The Kier molecular flexibility index (Phi) is 3.79. The highest BCUT2D eigenvalue weighted by atomic mass is 16.4. The molecule has 0 aliphatic carbocycles. The van der Waals surface area contributed by atoms with Gasteiger partial charge in [0.25, 0.3) is 0 Å². The van der Waals surface area contributed by atoms with Crippen LogP contribution in [-0.4, -0.2) is 27.1 Å². The number of anilines is 1. The molecule has 0 saturated heterocycles. The van der Waals surface area contributed by atoms with Crippen molar-refractivity contribution in [3.63, 3.8) is 0 Å². The van der Waals surface area contributed by atoms with Crippen LogP contribution in [-0.2, 0) is 4.79 Å². The highest BCUT2D eigenvalue weighted by Gasteiger charge is 2.15. The number of nitrogens with one attached hydrogen (secondary N) is 1. The van der Waals surface area contributed by atoms with Crippen LogP contribution in [0.2, 0.25) is 0 Å². The maximum atomic E-state index is 10.8. The third-order valence-electron chi connectivity index (χ3n) is 1.83. The molecule has 0 bridgehead atoms. The van der Waals surface area contributed by atoms with Crippen LogP contribution in [0.3, 0.4) is 0 Å². The van der Waals surface area contributed by atoms with Crippen molar-refractivity contribution in [2.24, 2.45) is 0 Å². The first-order valence-electron chi connectivity index (χ1n) is 4.52. The molecule has 2 N–H and O–H groups in total. The summed E-state index contributed by atoms with van der Waals surface area (Å²) >= 11 is 0. The minimum atomic E-state index is -0.925. The summed E-state index contributed by atoms with van der Waals surface area (Å²) in [6, 6.07) is 0.996. The average Bonchev–Trinajstić information content (AvgIpc) is 2.17. The van der Waals surface area contributed by atoms with E-state index in [-0.39, 0.29) is 0 Å². The maximum absolute atomic E-state index is 10.8. The second-order valence-electron chi connectivity index (χ2n) is 3.10. The number of aromatic nitrogens is 2. The summed E-state index contributed by atoms with van der Waals surface area (Å²) in [5.41, 5.74) is 0.787. The topological polar surface area (TPSA) is 75.1 Å². The molecule has 0 amide bonds. The standard InChI is InChI=1S/C10H13N3O2/c1-3-4-8(10(14)15)13-9-5-7(2)11-6-12-9/h3,5-6,8H,1,4H2,2H3,(H,14,15)(H,11,12,13). The smallest absolute Gasteiger partial charge is 0.326 e. The number of nitrogens with zero attached hydrogens (tertiary/aromatic N) is 2. The molecule has 1 heterocycles. The number of hydrogen-bond donors (Lipinski definition) is 2. The minimum absolute atomic E-state index is 0.346. The number of aryl methyl sites for hydroxylation is 1. The van der Waals surface area contributed by atoms with Crippen molar-refractivity contribution in [1.82, 2.24) is 9.97 Å². The molecule has 0 radical (unpaired) electrons. The average molecular weight is 207 g/mol. The first-order valence-corrected chi connectivity index (χ1v) is 4.52. The molecule has 0 aliphatic rings. The molecule has 1 aromatic heterocycles. The van der Waals surface area contributed by atoms with Gasteiger partial charge in [-0.25, -0.2) is 14.8 Å². The van der Waals surface area contributed by atoms with E-state index in [0.717, 1.165) is 5.69 Å². The molecule has 1 rings (SSSR count). The number of carboxylic acids is 1. The lowest BCUT2D eigenvalue weighted by molar-refractivity contribution is -0.137. The van der Waals surface area contributed by atoms with Crippen LogP contribution in [0.5, 0.6) is 0 Å². The van der Waals surface area contributed by atoms with Crippen LogP contribution >= 0.6 is 0 Å². The lowest BCUT2D eigenvalue weighted by Crippen LogP contribution is -2.29. The summed E-state index contributed by atoms with van der Waals surface area (Å²) in [6.07, 6.45) is 3.29. The number of rotatable bonds is 5. The summed E-state index contributed by atoms with van der Waals surface area (Å²) in [7, 11) is 0. The van der Waals surface area contributed by atoms with Gasteiger partial charge in [0.2, 0.25) is 0 Å². The number of carboxylic acid groups (broad SMARTS) is 1. The fourth-order valence-corrected chi connectivity index (χ4v) is 1.10. The van der Waals surface area contributed by atoms with Crippen LogP contribution in [0, 0.1) is 6.92 Å². The van der Waals surface area contributed by atoms with Crippen LogP contribution < -0.4 is 5.32 Å². The van der Waals surface area contributed by atoms with Crippen LogP contribution in [0.25, 0.3) is 0 Å². The van der Waals surface area contributed by atoms with E-state index >= 15 is 0 Å². The summed E-state index contributed by atoms with van der Waals surface area (Å²) < 4.78 is 0. The second-order valence-corrected chi connectivity index (χ2v) is 3.10. The number of carbonyl (C=O) groups is 1. The molecule has 1 unspecified atom stereocenters. The van der Waals surface area contributed by atoms with E-state index in [4.69, 9.17) is 5.11 Å². The normalized spacial score (nSPS) is 11.8.